The maximum atomic E-state index is 13.4. The van der Waals surface area contributed by atoms with E-state index in [1.165, 1.54) is 12.1 Å². The van der Waals surface area contributed by atoms with Crippen LogP contribution in [0.2, 0.25) is 5.02 Å². The van der Waals surface area contributed by atoms with Crippen molar-refractivity contribution in [2.45, 2.75) is 25.4 Å². The Bertz CT molecular complexity index is 1180. The van der Waals surface area contributed by atoms with Crippen molar-refractivity contribution in [1.29, 1.82) is 0 Å². The minimum absolute atomic E-state index is 0.221. The molecule has 1 heterocycles. The first kappa shape index (κ1) is 21.8. The fourth-order valence-corrected chi connectivity index (χ4v) is 3.92. The molecule has 3 aromatic rings. The van der Waals surface area contributed by atoms with E-state index in [2.05, 4.69) is 5.32 Å². The van der Waals surface area contributed by atoms with Crippen molar-refractivity contribution < 1.29 is 14.0 Å². The Balaban J connectivity index is 1.58. The van der Waals surface area contributed by atoms with Gasteiger partial charge >= 0.3 is 0 Å². The third-order valence-electron chi connectivity index (χ3n) is 5.70. The number of amides is 1. The Kier molecular flexibility index (Phi) is 6.10. The molecule has 1 aliphatic heterocycles. The molecule has 0 aromatic heterocycles. The van der Waals surface area contributed by atoms with Crippen LogP contribution in [0.25, 0.3) is 0 Å². The van der Waals surface area contributed by atoms with Crippen LogP contribution in [0.1, 0.15) is 34.8 Å². The number of nitrogens with zero attached hydrogens (tertiary/aromatic N) is 1. The molecule has 162 valence electrons. The molecule has 1 N–H and O–H groups in total. The lowest BCUT2D eigenvalue weighted by Crippen LogP contribution is -2.49. The first-order valence-corrected chi connectivity index (χ1v) is 10.6. The standard InChI is InChI=1S/C26H22ClFN2O2/c1-26(14-5-15-30(26)17-18-8-11-21(28)12-9-18)25(32)29-23-13-10-20(27)16-22(23)24(31)19-6-3-2-4-7-19/h2-13,15-16H,14,17H2,1H3,(H,29,32)/t26-/m1/s1. The van der Waals surface area contributed by atoms with Crippen LogP contribution in [0.3, 0.4) is 0 Å². The molecular weight excluding hydrogens is 427 g/mol. The zero-order valence-corrected chi connectivity index (χ0v) is 18.3. The van der Waals surface area contributed by atoms with Gasteiger partial charge in [0.25, 0.3) is 0 Å². The van der Waals surface area contributed by atoms with Crippen molar-refractivity contribution in [2.75, 3.05) is 5.32 Å². The van der Waals surface area contributed by atoms with Crippen molar-refractivity contribution in [3.05, 3.63) is 113 Å². The van der Waals surface area contributed by atoms with E-state index in [1.807, 2.05) is 30.2 Å². The zero-order chi connectivity index (χ0) is 22.7. The molecule has 0 bridgehead atoms. The summed E-state index contributed by atoms with van der Waals surface area (Å²) in [4.78, 5) is 28.4. The maximum absolute atomic E-state index is 13.4. The van der Waals surface area contributed by atoms with E-state index in [4.69, 9.17) is 11.6 Å². The topological polar surface area (TPSA) is 49.4 Å². The first-order chi connectivity index (χ1) is 15.4. The minimum atomic E-state index is -0.860. The highest BCUT2D eigenvalue weighted by molar-refractivity contribution is 6.31. The third-order valence-corrected chi connectivity index (χ3v) is 5.94. The van der Waals surface area contributed by atoms with Gasteiger partial charge in [-0.05, 0) is 55.4 Å². The quantitative estimate of drug-likeness (QED) is 0.483. The highest BCUT2D eigenvalue weighted by atomic mass is 35.5. The Morgan fingerprint density at radius 1 is 1.06 bits per heavy atom. The number of carbonyl (C=O) groups excluding carboxylic acids is 2. The second-order valence-corrected chi connectivity index (χ2v) is 8.39. The van der Waals surface area contributed by atoms with E-state index in [0.717, 1.165) is 5.56 Å². The highest BCUT2D eigenvalue weighted by Crippen LogP contribution is 2.32. The fraction of sp³-hybridized carbons (Fsp3) is 0.154. The summed E-state index contributed by atoms with van der Waals surface area (Å²) in [7, 11) is 0. The van der Waals surface area contributed by atoms with E-state index >= 15 is 0 Å². The molecule has 32 heavy (non-hydrogen) atoms. The van der Waals surface area contributed by atoms with Gasteiger partial charge in [0.05, 0.1) is 5.69 Å². The monoisotopic (exact) mass is 448 g/mol. The van der Waals surface area contributed by atoms with Crippen LogP contribution in [-0.4, -0.2) is 22.1 Å². The molecule has 4 rings (SSSR count). The molecule has 4 nitrogen and oxygen atoms in total. The van der Waals surface area contributed by atoms with Gasteiger partial charge in [-0.15, -0.1) is 0 Å². The number of hydrogen-bond donors (Lipinski definition) is 1. The lowest BCUT2D eigenvalue weighted by molar-refractivity contribution is -0.125. The summed E-state index contributed by atoms with van der Waals surface area (Å²) in [5.41, 5.74) is 1.28. The van der Waals surface area contributed by atoms with E-state index in [9.17, 15) is 14.0 Å². The average molecular weight is 449 g/mol. The number of benzene rings is 3. The van der Waals surface area contributed by atoms with Crippen molar-refractivity contribution in [3.8, 4) is 0 Å². The predicted molar refractivity (Wildman–Crippen MR) is 124 cm³/mol. The largest absolute Gasteiger partial charge is 0.359 e. The van der Waals surface area contributed by atoms with E-state index < -0.39 is 5.54 Å². The van der Waals surface area contributed by atoms with Gasteiger partial charge < -0.3 is 10.2 Å². The SMILES string of the molecule is C[C@]1(C(=O)Nc2ccc(Cl)cc2C(=O)c2ccccc2)CC=CN1Cc1ccc(F)cc1. The van der Waals surface area contributed by atoms with Gasteiger partial charge in [-0.3, -0.25) is 9.59 Å². The lowest BCUT2D eigenvalue weighted by Gasteiger charge is -2.35. The molecular formula is C26H22ClFN2O2. The summed E-state index contributed by atoms with van der Waals surface area (Å²) < 4.78 is 13.2. The number of nitrogens with one attached hydrogen (secondary N) is 1. The summed E-state index contributed by atoms with van der Waals surface area (Å²) >= 11 is 6.15. The molecule has 0 aliphatic carbocycles. The molecule has 3 aromatic carbocycles. The lowest BCUT2D eigenvalue weighted by atomic mass is 9.95. The van der Waals surface area contributed by atoms with Gasteiger partial charge in [0.1, 0.15) is 11.4 Å². The van der Waals surface area contributed by atoms with E-state index in [0.29, 0.717) is 34.8 Å². The number of rotatable bonds is 6. The molecule has 0 saturated carbocycles. The Morgan fingerprint density at radius 3 is 2.50 bits per heavy atom. The Hall–Kier alpha value is -3.44. The Morgan fingerprint density at radius 2 is 1.78 bits per heavy atom. The van der Waals surface area contributed by atoms with Crippen molar-refractivity contribution in [1.82, 2.24) is 4.90 Å². The summed E-state index contributed by atoms with van der Waals surface area (Å²) in [6.45, 7) is 2.30. The zero-order valence-electron chi connectivity index (χ0n) is 17.5. The third kappa shape index (κ3) is 4.43. The molecule has 0 spiro atoms. The maximum Gasteiger partial charge on any atom is 0.250 e. The van der Waals surface area contributed by atoms with Crippen LogP contribution in [0.15, 0.2) is 85.1 Å². The summed E-state index contributed by atoms with van der Waals surface area (Å²) in [5, 5.41) is 3.35. The number of anilines is 1. The van der Waals surface area contributed by atoms with E-state index in [1.54, 1.807) is 54.6 Å². The van der Waals surface area contributed by atoms with Gasteiger partial charge in [-0.1, -0.05) is 60.1 Å². The number of hydrogen-bond acceptors (Lipinski definition) is 3. The minimum Gasteiger partial charge on any atom is -0.359 e. The molecule has 0 radical (unpaired) electrons. The van der Waals surface area contributed by atoms with E-state index in [-0.39, 0.29) is 17.5 Å². The number of carbonyl (C=O) groups is 2. The van der Waals surface area contributed by atoms with Gasteiger partial charge in [-0.25, -0.2) is 4.39 Å². The van der Waals surface area contributed by atoms with Crippen molar-refractivity contribution in [2.24, 2.45) is 0 Å². The van der Waals surface area contributed by atoms with Gasteiger partial charge in [0, 0.05) is 22.7 Å². The molecule has 0 fully saturated rings. The molecule has 6 heteroatoms. The number of ketones is 1. The normalized spacial score (nSPS) is 17.4. The molecule has 1 amide bonds. The summed E-state index contributed by atoms with van der Waals surface area (Å²) in [6.07, 6.45) is 4.32. The fourth-order valence-electron chi connectivity index (χ4n) is 3.74. The average Bonchev–Trinajstić information content (AvgIpc) is 3.18. The van der Waals surface area contributed by atoms with Crippen LogP contribution in [0.4, 0.5) is 10.1 Å². The van der Waals surface area contributed by atoms with Crippen LogP contribution in [0, 0.1) is 5.82 Å². The molecule has 1 atom stereocenters. The Labute approximate surface area is 191 Å². The van der Waals surface area contributed by atoms with Gasteiger partial charge in [0.15, 0.2) is 5.78 Å². The van der Waals surface area contributed by atoms with Gasteiger partial charge in [0.2, 0.25) is 5.91 Å². The van der Waals surface area contributed by atoms with Crippen molar-refractivity contribution in [3.63, 3.8) is 0 Å². The summed E-state index contributed by atoms with van der Waals surface area (Å²) in [5.74, 6) is -0.764. The second kappa shape index (κ2) is 8.97. The van der Waals surface area contributed by atoms with Crippen molar-refractivity contribution >= 4 is 29.0 Å². The highest BCUT2D eigenvalue weighted by Gasteiger charge is 2.40. The molecule has 0 unspecified atom stereocenters. The molecule has 1 aliphatic rings. The smallest absolute Gasteiger partial charge is 0.250 e. The first-order valence-electron chi connectivity index (χ1n) is 10.3. The molecule has 0 saturated heterocycles. The van der Waals surface area contributed by atoms with Gasteiger partial charge in [-0.2, -0.15) is 0 Å². The van der Waals surface area contributed by atoms with Crippen LogP contribution in [-0.2, 0) is 11.3 Å². The second-order valence-electron chi connectivity index (χ2n) is 7.96. The predicted octanol–water partition coefficient (Wildman–Crippen LogP) is 5.83. The van der Waals surface area contributed by atoms with Crippen LogP contribution >= 0.6 is 11.6 Å². The summed E-state index contributed by atoms with van der Waals surface area (Å²) in [6, 6.07) is 19.9. The van der Waals surface area contributed by atoms with Crippen LogP contribution in [0.5, 0.6) is 0 Å². The van der Waals surface area contributed by atoms with Crippen LogP contribution < -0.4 is 5.32 Å². The number of halogens is 2.